The van der Waals surface area contributed by atoms with Crippen LogP contribution in [0.1, 0.15) is 13.3 Å². The fourth-order valence-corrected chi connectivity index (χ4v) is 2.56. The van der Waals surface area contributed by atoms with Gasteiger partial charge in [-0.2, -0.15) is 0 Å². The van der Waals surface area contributed by atoms with Gasteiger partial charge in [-0.25, -0.2) is 8.42 Å². The van der Waals surface area contributed by atoms with E-state index < -0.39 is 15.9 Å². The molecule has 0 bridgehead atoms. The van der Waals surface area contributed by atoms with Crippen molar-refractivity contribution in [1.82, 2.24) is 5.32 Å². The minimum Gasteiger partial charge on any atom is -0.494 e. The highest BCUT2D eigenvalue weighted by molar-refractivity contribution is 7.92. The highest BCUT2D eigenvalue weighted by atomic mass is 32.2. The third kappa shape index (κ3) is 5.77. The number of carbonyl (C=O) groups is 1. The summed E-state index contributed by atoms with van der Waals surface area (Å²) in [6, 6.07) is 6.61. The highest BCUT2D eigenvalue weighted by Gasteiger charge is 2.20. The van der Waals surface area contributed by atoms with E-state index in [0.29, 0.717) is 24.6 Å². The van der Waals surface area contributed by atoms with Crippen LogP contribution >= 0.6 is 0 Å². The Labute approximate surface area is 131 Å². The second-order valence-electron chi connectivity index (χ2n) is 4.70. The molecule has 0 aromatic heterocycles. The predicted octanol–water partition coefficient (Wildman–Crippen LogP) is 1.54. The van der Waals surface area contributed by atoms with Crippen molar-refractivity contribution >= 4 is 21.6 Å². The number of amides is 1. The van der Waals surface area contributed by atoms with Gasteiger partial charge >= 0.3 is 0 Å². The molecule has 0 aliphatic rings. The molecule has 0 aliphatic heterocycles. The normalized spacial score (nSPS) is 10.8. The summed E-state index contributed by atoms with van der Waals surface area (Å²) in [5.41, 5.74) is 0.417. The van der Waals surface area contributed by atoms with Crippen molar-refractivity contribution in [3.63, 3.8) is 0 Å². The Morgan fingerprint density at radius 2 is 2.00 bits per heavy atom. The van der Waals surface area contributed by atoms with E-state index in [1.165, 1.54) is 6.08 Å². The Hall–Kier alpha value is -2.02. The number of ether oxygens (including phenoxy) is 1. The topological polar surface area (TPSA) is 75.7 Å². The molecule has 22 heavy (non-hydrogen) atoms. The average molecular weight is 326 g/mol. The van der Waals surface area contributed by atoms with E-state index in [-0.39, 0.29) is 6.54 Å². The third-order valence-electron chi connectivity index (χ3n) is 2.73. The van der Waals surface area contributed by atoms with Crippen molar-refractivity contribution in [1.29, 1.82) is 0 Å². The van der Waals surface area contributed by atoms with E-state index in [9.17, 15) is 13.2 Å². The fraction of sp³-hybridized carbons (Fsp3) is 0.400. The standard InChI is InChI=1S/C15H22N2O4S/c1-4-10-16-15(18)12-17(22(3,19)20)13-6-8-14(9-7-13)21-11-5-2/h4,6-9H,1,5,10-12H2,2-3H3,(H,16,18). The first kappa shape index (κ1) is 18.0. The molecule has 0 saturated carbocycles. The van der Waals surface area contributed by atoms with Crippen molar-refractivity contribution in [2.45, 2.75) is 13.3 Å². The SMILES string of the molecule is C=CCNC(=O)CN(c1ccc(OCCC)cc1)S(C)(=O)=O. The van der Waals surface area contributed by atoms with Crippen LogP contribution in [0.25, 0.3) is 0 Å². The lowest BCUT2D eigenvalue weighted by atomic mass is 10.3. The van der Waals surface area contributed by atoms with Crippen molar-refractivity contribution in [2.75, 3.05) is 30.3 Å². The average Bonchev–Trinajstić information content (AvgIpc) is 2.48. The molecule has 6 nitrogen and oxygen atoms in total. The maximum absolute atomic E-state index is 11.9. The molecule has 1 amide bonds. The van der Waals surface area contributed by atoms with E-state index in [0.717, 1.165) is 17.0 Å². The van der Waals surface area contributed by atoms with Crippen molar-refractivity contribution in [3.8, 4) is 5.75 Å². The number of sulfonamides is 1. The number of carbonyl (C=O) groups excluding carboxylic acids is 1. The zero-order valence-corrected chi connectivity index (χ0v) is 13.7. The van der Waals surface area contributed by atoms with Crippen LogP contribution in [-0.2, 0) is 14.8 Å². The van der Waals surface area contributed by atoms with Crippen LogP contribution in [0.3, 0.4) is 0 Å². The lowest BCUT2D eigenvalue weighted by Gasteiger charge is -2.22. The Morgan fingerprint density at radius 3 is 2.50 bits per heavy atom. The molecule has 0 fully saturated rings. The molecule has 0 unspecified atom stereocenters. The number of anilines is 1. The van der Waals surface area contributed by atoms with Gasteiger partial charge in [-0.15, -0.1) is 6.58 Å². The number of rotatable bonds is 9. The fourth-order valence-electron chi connectivity index (χ4n) is 1.70. The van der Waals surface area contributed by atoms with Crippen LogP contribution in [0.4, 0.5) is 5.69 Å². The first-order valence-corrected chi connectivity index (χ1v) is 8.81. The molecule has 1 aromatic carbocycles. The van der Waals surface area contributed by atoms with E-state index in [4.69, 9.17) is 4.74 Å². The molecule has 0 spiro atoms. The summed E-state index contributed by atoms with van der Waals surface area (Å²) >= 11 is 0. The molecule has 0 aliphatic carbocycles. The summed E-state index contributed by atoms with van der Waals surface area (Å²) in [5, 5.41) is 2.56. The van der Waals surface area contributed by atoms with Gasteiger partial charge in [-0.3, -0.25) is 9.10 Å². The number of hydrogen-bond donors (Lipinski definition) is 1. The zero-order valence-electron chi connectivity index (χ0n) is 12.9. The van der Waals surface area contributed by atoms with Crippen molar-refractivity contribution < 1.29 is 17.9 Å². The predicted molar refractivity (Wildman–Crippen MR) is 87.6 cm³/mol. The Kier molecular flexibility index (Phi) is 6.91. The maximum Gasteiger partial charge on any atom is 0.241 e. The van der Waals surface area contributed by atoms with E-state index >= 15 is 0 Å². The molecule has 0 radical (unpaired) electrons. The van der Waals surface area contributed by atoms with Gasteiger partial charge in [0.25, 0.3) is 0 Å². The minimum absolute atomic E-state index is 0.276. The van der Waals surface area contributed by atoms with Gasteiger partial charge in [0.1, 0.15) is 12.3 Å². The number of benzene rings is 1. The minimum atomic E-state index is -3.56. The summed E-state index contributed by atoms with van der Waals surface area (Å²) in [7, 11) is -3.56. The number of hydrogen-bond acceptors (Lipinski definition) is 4. The van der Waals surface area contributed by atoms with Gasteiger partial charge in [-0.05, 0) is 30.7 Å². The van der Waals surface area contributed by atoms with Gasteiger partial charge in [0, 0.05) is 6.54 Å². The van der Waals surface area contributed by atoms with Crippen LogP contribution < -0.4 is 14.4 Å². The molecular weight excluding hydrogens is 304 g/mol. The van der Waals surface area contributed by atoms with Crippen LogP contribution in [-0.4, -0.2) is 40.3 Å². The lowest BCUT2D eigenvalue weighted by molar-refractivity contribution is -0.119. The van der Waals surface area contributed by atoms with Gasteiger partial charge in [-0.1, -0.05) is 13.0 Å². The van der Waals surface area contributed by atoms with Gasteiger partial charge in [0.05, 0.1) is 18.6 Å². The van der Waals surface area contributed by atoms with E-state index in [1.807, 2.05) is 6.92 Å². The number of nitrogens with one attached hydrogen (secondary N) is 1. The summed E-state index contributed by atoms with van der Waals surface area (Å²) in [6.07, 6.45) is 3.48. The molecule has 7 heteroatoms. The highest BCUT2D eigenvalue weighted by Crippen LogP contribution is 2.21. The first-order valence-electron chi connectivity index (χ1n) is 6.96. The molecule has 0 saturated heterocycles. The molecule has 0 atom stereocenters. The summed E-state index contributed by atoms with van der Waals surface area (Å²) in [4.78, 5) is 11.8. The molecule has 122 valence electrons. The second kappa shape index (κ2) is 8.43. The zero-order chi connectivity index (χ0) is 16.6. The Bertz CT molecular complexity index is 596. The van der Waals surface area contributed by atoms with Gasteiger partial charge in [0.15, 0.2) is 0 Å². The van der Waals surface area contributed by atoms with Crippen molar-refractivity contribution in [3.05, 3.63) is 36.9 Å². The largest absolute Gasteiger partial charge is 0.494 e. The molecule has 0 heterocycles. The summed E-state index contributed by atoms with van der Waals surface area (Å²) < 4.78 is 30.3. The lowest BCUT2D eigenvalue weighted by Crippen LogP contribution is -2.40. The maximum atomic E-state index is 11.9. The second-order valence-corrected chi connectivity index (χ2v) is 6.61. The van der Waals surface area contributed by atoms with Crippen LogP contribution in [0.15, 0.2) is 36.9 Å². The van der Waals surface area contributed by atoms with Gasteiger partial charge in [0.2, 0.25) is 15.9 Å². The monoisotopic (exact) mass is 326 g/mol. The smallest absolute Gasteiger partial charge is 0.241 e. The van der Waals surface area contributed by atoms with Crippen LogP contribution in [0.5, 0.6) is 5.75 Å². The third-order valence-corrected chi connectivity index (χ3v) is 3.87. The summed E-state index contributed by atoms with van der Waals surface area (Å²) in [6.45, 7) is 6.11. The molecule has 1 rings (SSSR count). The van der Waals surface area contributed by atoms with E-state index in [2.05, 4.69) is 11.9 Å². The number of nitrogens with zero attached hydrogens (tertiary/aromatic N) is 1. The van der Waals surface area contributed by atoms with Gasteiger partial charge < -0.3 is 10.1 Å². The van der Waals surface area contributed by atoms with E-state index in [1.54, 1.807) is 24.3 Å². The Balaban J connectivity index is 2.88. The first-order chi connectivity index (χ1) is 10.4. The Morgan fingerprint density at radius 1 is 1.36 bits per heavy atom. The molecule has 1 aromatic rings. The van der Waals surface area contributed by atoms with Crippen molar-refractivity contribution in [2.24, 2.45) is 0 Å². The van der Waals surface area contributed by atoms with Crippen LogP contribution in [0.2, 0.25) is 0 Å². The quantitative estimate of drug-likeness (QED) is 0.699. The van der Waals surface area contributed by atoms with Crippen LogP contribution in [0, 0.1) is 0 Å². The summed E-state index contributed by atoms with van der Waals surface area (Å²) in [5.74, 6) is 0.270. The molecule has 1 N–H and O–H groups in total. The molecular formula is C15H22N2O4S.